The molecule has 7 nitrogen and oxygen atoms in total. The molecule has 0 spiro atoms. The number of anilines is 2. The molecule has 1 saturated heterocycles. The van der Waals surface area contributed by atoms with Crippen molar-refractivity contribution in [1.82, 2.24) is 9.97 Å². The third kappa shape index (κ3) is 3.96. The zero-order chi connectivity index (χ0) is 20.9. The van der Waals surface area contributed by atoms with Crippen molar-refractivity contribution >= 4 is 11.5 Å². The number of nitrogens with zero attached hydrogens (tertiary/aromatic N) is 4. The fraction of sp³-hybridized carbons (Fsp3) is 0.304. The largest absolute Gasteiger partial charge is 0.493 e. The van der Waals surface area contributed by atoms with Gasteiger partial charge in [0.2, 0.25) is 5.75 Å². The van der Waals surface area contributed by atoms with E-state index in [0.717, 1.165) is 43.1 Å². The average Bonchev–Trinajstić information content (AvgIpc) is 2.83. The van der Waals surface area contributed by atoms with Crippen LogP contribution in [-0.4, -0.2) is 57.5 Å². The topological polar surface area (TPSA) is 60.0 Å². The summed E-state index contributed by atoms with van der Waals surface area (Å²) in [5, 5.41) is 0. The van der Waals surface area contributed by atoms with E-state index in [1.807, 2.05) is 30.7 Å². The van der Waals surface area contributed by atoms with Crippen molar-refractivity contribution in [2.75, 3.05) is 57.3 Å². The highest BCUT2D eigenvalue weighted by Gasteiger charge is 2.19. The Morgan fingerprint density at radius 3 is 1.90 bits per heavy atom. The van der Waals surface area contributed by atoms with Crippen molar-refractivity contribution in [2.24, 2.45) is 0 Å². The molecule has 2 aromatic heterocycles. The quantitative estimate of drug-likeness (QED) is 0.621. The second-order valence-corrected chi connectivity index (χ2v) is 7.00. The first-order valence-electron chi connectivity index (χ1n) is 9.90. The molecule has 1 aliphatic heterocycles. The van der Waals surface area contributed by atoms with Gasteiger partial charge < -0.3 is 24.0 Å². The van der Waals surface area contributed by atoms with Gasteiger partial charge in [-0.2, -0.15) is 0 Å². The molecule has 156 valence electrons. The molecule has 1 aromatic carbocycles. The van der Waals surface area contributed by atoms with Gasteiger partial charge >= 0.3 is 0 Å². The Balaban J connectivity index is 1.49. The number of hydrogen-bond donors (Lipinski definition) is 0. The summed E-state index contributed by atoms with van der Waals surface area (Å²) < 4.78 is 16.3. The molecular weight excluding hydrogens is 380 g/mol. The van der Waals surface area contributed by atoms with Crippen molar-refractivity contribution in [3.05, 3.63) is 55.0 Å². The molecule has 3 heterocycles. The zero-order valence-corrected chi connectivity index (χ0v) is 17.5. The lowest BCUT2D eigenvalue weighted by Gasteiger charge is -2.36. The molecule has 0 radical (unpaired) electrons. The van der Waals surface area contributed by atoms with Crippen LogP contribution in [0, 0.1) is 0 Å². The maximum Gasteiger partial charge on any atom is 0.203 e. The maximum atomic E-state index is 5.46. The van der Waals surface area contributed by atoms with E-state index >= 15 is 0 Å². The van der Waals surface area contributed by atoms with Crippen LogP contribution in [0.25, 0.3) is 11.1 Å². The molecule has 30 heavy (non-hydrogen) atoms. The molecule has 1 fully saturated rings. The van der Waals surface area contributed by atoms with Crippen LogP contribution < -0.4 is 24.0 Å². The lowest BCUT2D eigenvalue weighted by atomic mass is 10.1. The molecule has 0 bridgehead atoms. The highest BCUT2D eigenvalue weighted by atomic mass is 16.5. The Labute approximate surface area is 176 Å². The Morgan fingerprint density at radius 1 is 0.733 bits per heavy atom. The number of benzene rings is 1. The first kappa shape index (κ1) is 19.8. The van der Waals surface area contributed by atoms with Crippen LogP contribution in [0.15, 0.2) is 55.0 Å². The lowest BCUT2D eigenvalue weighted by molar-refractivity contribution is 0.324. The van der Waals surface area contributed by atoms with Crippen LogP contribution in [0.1, 0.15) is 0 Å². The van der Waals surface area contributed by atoms with Gasteiger partial charge in [0, 0.05) is 56.0 Å². The minimum Gasteiger partial charge on any atom is -0.493 e. The summed E-state index contributed by atoms with van der Waals surface area (Å²) in [5.74, 6) is 2.83. The minimum atomic E-state index is 0.584. The smallest absolute Gasteiger partial charge is 0.203 e. The van der Waals surface area contributed by atoms with Crippen LogP contribution >= 0.6 is 0 Å². The van der Waals surface area contributed by atoms with Gasteiger partial charge in [0.1, 0.15) is 5.82 Å². The number of ether oxygens (including phenoxy) is 3. The molecule has 0 saturated carbocycles. The van der Waals surface area contributed by atoms with Crippen LogP contribution in [0.2, 0.25) is 0 Å². The van der Waals surface area contributed by atoms with Gasteiger partial charge in [0.05, 0.1) is 21.3 Å². The predicted octanol–water partition coefficient (Wildman–Crippen LogP) is 3.50. The molecule has 3 aromatic rings. The molecule has 0 unspecified atom stereocenters. The summed E-state index contributed by atoms with van der Waals surface area (Å²) in [5.41, 5.74) is 3.18. The van der Waals surface area contributed by atoms with E-state index in [4.69, 9.17) is 19.2 Å². The summed E-state index contributed by atoms with van der Waals surface area (Å²) in [6, 6.07) is 12.1. The number of piperazine rings is 1. The highest BCUT2D eigenvalue weighted by molar-refractivity contribution is 5.71. The number of hydrogen-bond acceptors (Lipinski definition) is 7. The Bertz CT molecular complexity index is 946. The summed E-state index contributed by atoms with van der Waals surface area (Å²) in [6.07, 6.45) is 5.57. The van der Waals surface area contributed by atoms with Gasteiger partial charge in [-0.15, -0.1) is 0 Å². The molecule has 0 atom stereocenters. The van der Waals surface area contributed by atoms with Gasteiger partial charge in [-0.25, -0.2) is 4.98 Å². The van der Waals surface area contributed by atoms with E-state index in [-0.39, 0.29) is 0 Å². The molecule has 4 rings (SSSR count). The first-order chi connectivity index (χ1) is 14.7. The standard InChI is InChI=1S/C23H26N4O3/c1-28-20-14-18(15-21(29-2)23(20)30-3)17-4-5-22(25-16-17)27-12-10-26(11-13-27)19-6-8-24-9-7-19/h4-9,14-16H,10-13H2,1-3H3. The monoisotopic (exact) mass is 406 g/mol. The van der Waals surface area contributed by atoms with Gasteiger partial charge in [-0.3, -0.25) is 4.98 Å². The molecule has 0 aliphatic carbocycles. The van der Waals surface area contributed by atoms with Crippen molar-refractivity contribution < 1.29 is 14.2 Å². The number of pyridine rings is 2. The van der Waals surface area contributed by atoms with E-state index in [0.29, 0.717) is 17.2 Å². The number of aromatic nitrogens is 2. The second kappa shape index (κ2) is 8.90. The van der Waals surface area contributed by atoms with Crippen molar-refractivity contribution in [3.63, 3.8) is 0 Å². The summed E-state index contributed by atoms with van der Waals surface area (Å²) in [6.45, 7) is 3.78. The van der Waals surface area contributed by atoms with Gasteiger partial charge in [0.25, 0.3) is 0 Å². The van der Waals surface area contributed by atoms with E-state index in [9.17, 15) is 0 Å². The SMILES string of the molecule is COc1cc(-c2ccc(N3CCN(c4ccncc4)CC3)nc2)cc(OC)c1OC. The van der Waals surface area contributed by atoms with Crippen molar-refractivity contribution in [2.45, 2.75) is 0 Å². The first-order valence-corrected chi connectivity index (χ1v) is 9.90. The normalized spacial score (nSPS) is 13.8. The number of methoxy groups -OCH3 is 3. The second-order valence-electron chi connectivity index (χ2n) is 7.00. The molecule has 0 amide bonds. The van der Waals surface area contributed by atoms with Crippen molar-refractivity contribution in [3.8, 4) is 28.4 Å². The lowest BCUT2D eigenvalue weighted by Crippen LogP contribution is -2.46. The van der Waals surface area contributed by atoms with Crippen molar-refractivity contribution in [1.29, 1.82) is 0 Å². The predicted molar refractivity (Wildman–Crippen MR) is 118 cm³/mol. The van der Waals surface area contributed by atoms with Crippen LogP contribution in [-0.2, 0) is 0 Å². The third-order valence-corrected chi connectivity index (χ3v) is 5.38. The van der Waals surface area contributed by atoms with E-state index < -0.39 is 0 Å². The molecule has 1 aliphatic rings. The van der Waals surface area contributed by atoms with Crippen LogP contribution in [0.4, 0.5) is 11.5 Å². The zero-order valence-electron chi connectivity index (χ0n) is 17.5. The Morgan fingerprint density at radius 2 is 1.37 bits per heavy atom. The summed E-state index contributed by atoms with van der Waals surface area (Å²) >= 11 is 0. The highest BCUT2D eigenvalue weighted by Crippen LogP contribution is 2.41. The third-order valence-electron chi connectivity index (χ3n) is 5.38. The van der Waals surface area contributed by atoms with E-state index in [1.54, 1.807) is 21.3 Å². The maximum absolute atomic E-state index is 5.46. The van der Waals surface area contributed by atoms with Crippen LogP contribution in [0.3, 0.4) is 0 Å². The molecular formula is C23H26N4O3. The summed E-state index contributed by atoms with van der Waals surface area (Å²) in [4.78, 5) is 13.5. The molecule has 7 heteroatoms. The fourth-order valence-electron chi connectivity index (χ4n) is 3.74. The van der Waals surface area contributed by atoms with Gasteiger partial charge in [0.15, 0.2) is 11.5 Å². The molecule has 0 N–H and O–H groups in total. The summed E-state index contributed by atoms with van der Waals surface area (Å²) in [7, 11) is 4.84. The Hall–Kier alpha value is -3.48. The number of rotatable bonds is 6. The van der Waals surface area contributed by atoms with Gasteiger partial charge in [-0.1, -0.05) is 0 Å². The van der Waals surface area contributed by atoms with Crippen LogP contribution in [0.5, 0.6) is 17.2 Å². The average molecular weight is 406 g/mol. The van der Waals surface area contributed by atoms with Gasteiger partial charge in [-0.05, 0) is 42.0 Å². The van der Waals surface area contributed by atoms with E-state index in [2.05, 4.69) is 39.0 Å². The van der Waals surface area contributed by atoms with E-state index in [1.165, 1.54) is 5.69 Å². The fourth-order valence-corrected chi connectivity index (χ4v) is 3.74. The Kier molecular flexibility index (Phi) is 5.88. The minimum absolute atomic E-state index is 0.584.